The fourth-order valence-corrected chi connectivity index (χ4v) is 2.31. The largest absolute Gasteiger partial charge is 0.508 e. The summed E-state index contributed by atoms with van der Waals surface area (Å²) in [5.74, 6) is 1.83. The molecule has 2 aromatic rings. The number of hydrogen-bond acceptors (Lipinski definition) is 4. The van der Waals surface area contributed by atoms with Crippen LogP contribution >= 0.6 is 0 Å². The molecule has 4 nitrogen and oxygen atoms in total. The highest BCUT2D eigenvalue weighted by atomic mass is 16.6. The van der Waals surface area contributed by atoms with Gasteiger partial charge in [-0.2, -0.15) is 0 Å². The number of aromatic hydroxyl groups is 1. The van der Waals surface area contributed by atoms with Crippen molar-refractivity contribution in [3.8, 4) is 17.2 Å². The van der Waals surface area contributed by atoms with Gasteiger partial charge in [0.25, 0.3) is 0 Å². The number of phenols is 1. The molecule has 0 spiro atoms. The predicted octanol–water partition coefficient (Wildman–Crippen LogP) is 3.34. The standard InChI is InChI=1S/C16H17NO3/c1-11(13-4-2-3-5-14(13)18)17-12-6-7-15-16(10-12)20-9-8-19-15/h2-7,10-11,17-18H,8-9H2,1H3. The average Bonchev–Trinajstić information content (AvgIpc) is 2.47. The van der Waals surface area contributed by atoms with E-state index in [0.29, 0.717) is 19.0 Å². The van der Waals surface area contributed by atoms with E-state index in [0.717, 1.165) is 22.7 Å². The number of nitrogens with one attached hydrogen (secondary N) is 1. The molecule has 20 heavy (non-hydrogen) atoms. The monoisotopic (exact) mass is 271 g/mol. The van der Waals surface area contributed by atoms with E-state index in [1.54, 1.807) is 6.07 Å². The van der Waals surface area contributed by atoms with Crippen molar-refractivity contribution in [3.63, 3.8) is 0 Å². The van der Waals surface area contributed by atoms with E-state index >= 15 is 0 Å². The molecule has 0 saturated carbocycles. The lowest BCUT2D eigenvalue weighted by Crippen LogP contribution is -2.15. The SMILES string of the molecule is CC(Nc1ccc2c(c1)OCCO2)c1ccccc1O. The average molecular weight is 271 g/mol. The van der Waals surface area contributed by atoms with Gasteiger partial charge in [-0.05, 0) is 25.1 Å². The van der Waals surface area contributed by atoms with Gasteiger partial charge in [-0.1, -0.05) is 18.2 Å². The van der Waals surface area contributed by atoms with Crippen molar-refractivity contribution in [2.24, 2.45) is 0 Å². The number of anilines is 1. The Balaban J connectivity index is 1.79. The van der Waals surface area contributed by atoms with Crippen LogP contribution in [0.2, 0.25) is 0 Å². The topological polar surface area (TPSA) is 50.7 Å². The van der Waals surface area contributed by atoms with E-state index in [-0.39, 0.29) is 6.04 Å². The molecule has 104 valence electrons. The lowest BCUT2D eigenvalue weighted by Gasteiger charge is -2.21. The maximum absolute atomic E-state index is 9.87. The van der Waals surface area contributed by atoms with E-state index in [2.05, 4.69) is 5.32 Å². The Labute approximate surface area is 118 Å². The third-order valence-electron chi connectivity index (χ3n) is 3.33. The Kier molecular flexibility index (Phi) is 3.37. The maximum atomic E-state index is 9.87. The number of benzene rings is 2. The number of phenolic OH excluding ortho intramolecular Hbond substituents is 1. The molecule has 0 aromatic heterocycles. The van der Waals surface area contributed by atoms with E-state index < -0.39 is 0 Å². The first-order valence-electron chi connectivity index (χ1n) is 6.68. The van der Waals surface area contributed by atoms with Crippen molar-refractivity contribution >= 4 is 5.69 Å². The maximum Gasteiger partial charge on any atom is 0.163 e. The van der Waals surface area contributed by atoms with Crippen molar-refractivity contribution in [2.75, 3.05) is 18.5 Å². The molecular formula is C16H17NO3. The van der Waals surface area contributed by atoms with Crippen LogP contribution in [-0.2, 0) is 0 Å². The minimum absolute atomic E-state index is 0.00115. The van der Waals surface area contributed by atoms with Crippen molar-refractivity contribution < 1.29 is 14.6 Å². The van der Waals surface area contributed by atoms with E-state index in [9.17, 15) is 5.11 Å². The number of ether oxygens (including phenoxy) is 2. The molecule has 2 N–H and O–H groups in total. The van der Waals surface area contributed by atoms with Crippen LogP contribution < -0.4 is 14.8 Å². The second-order valence-corrected chi connectivity index (χ2v) is 4.78. The summed E-state index contributed by atoms with van der Waals surface area (Å²) >= 11 is 0. The molecule has 0 radical (unpaired) electrons. The molecule has 0 aliphatic carbocycles. The van der Waals surface area contributed by atoms with Crippen LogP contribution in [0.5, 0.6) is 17.2 Å². The second-order valence-electron chi connectivity index (χ2n) is 4.78. The van der Waals surface area contributed by atoms with Crippen LogP contribution in [0.15, 0.2) is 42.5 Å². The van der Waals surface area contributed by atoms with Crippen molar-refractivity contribution in [1.82, 2.24) is 0 Å². The zero-order chi connectivity index (χ0) is 13.9. The van der Waals surface area contributed by atoms with Gasteiger partial charge in [0.2, 0.25) is 0 Å². The van der Waals surface area contributed by atoms with Gasteiger partial charge in [-0.3, -0.25) is 0 Å². The zero-order valence-electron chi connectivity index (χ0n) is 11.3. The van der Waals surface area contributed by atoms with Crippen molar-refractivity contribution in [1.29, 1.82) is 0 Å². The molecular weight excluding hydrogens is 254 g/mol. The molecule has 1 unspecified atom stereocenters. The summed E-state index contributed by atoms with van der Waals surface area (Å²) in [7, 11) is 0. The molecule has 0 amide bonds. The number of fused-ring (bicyclic) bond motifs is 1. The van der Waals surface area contributed by atoms with Gasteiger partial charge in [0.05, 0.1) is 6.04 Å². The lowest BCUT2D eigenvalue weighted by molar-refractivity contribution is 0.171. The van der Waals surface area contributed by atoms with Crippen LogP contribution in [0.25, 0.3) is 0 Å². The summed E-state index contributed by atoms with van der Waals surface area (Å²) in [6.07, 6.45) is 0. The van der Waals surface area contributed by atoms with Gasteiger partial charge in [0.15, 0.2) is 11.5 Å². The zero-order valence-corrected chi connectivity index (χ0v) is 11.3. The van der Waals surface area contributed by atoms with Gasteiger partial charge in [-0.25, -0.2) is 0 Å². The van der Waals surface area contributed by atoms with Crippen LogP contribution in [0.3, 0.4) is 0 Å². The summed E-state index contributed by atoms with van der Waals surface area (Å²) in [6, 6.07) is 13.1. The Morgan fingerprint density at radius 3 is 2.60 bits per heavy atom. The summed E-state index contributed by atoms with van der Waals surface area (Å²) in [5.41, 5.74) is 1.80. The van der Waals surface area contributed by atoms with E-state index in [1.807, 2.05) is 43.3 Å². The van der Waals surface area contributed by atoms with Crippen LogP contribution in [0.1, 0.15) is 18.5 Å². The fourth-order valence-electron chi connectivity index (χ4n) is 2.31. The molecule has 1 heterocycles. The Morgan fingerprint density at radius 1 is 1.05 bits per heavy atom. The smallest absolute Gasteiger partial charge is 0.163 e. The third-order valence-corrected chi connectivity index (χ3v) is 3.33. The van der Waals surface area contributed by atoms with Gasteiger partial charge in [0.1, 0.15) is 19.0 Å². The molecule has 0 saturated heterocycles. The number of para-hydroxylation sites is 1. The Morgan fingerprint density at radius 2 is 1.80 bits per heavy atom. The first-order chi connectivity index (χ1) is 9.74. The molecule has 0 bridgehead atoms. The summed E-state index contributed by atoms with van der Waals surface area (Å²) in [6.45, 7) is 3.17. The van der Waals surface area contributed by atoms with Crippen LogP contribution in [0.4, 0.5) is 5.69 Å². The van der Waals surface area contributed by atoms with Crippen LogP contribution in [-0.4, -0.2) is 18.3 Å². The molecule has 4 heteroatoms. The fraction of sp³-hybridized carbons (Fsp3) is 0.250. The van der Waals surface area contributed by atoms with Gasteiger partial charge in [0, 0.05) is 17.3 Å². The Bertz CT molecular complexity index is 612. The number of hydrogen-bond donors (Lipinski definition) is 2. The van der Waals surface area contributed by atoms with Gasteiger partial charge < -0.3 is 19.9 Å². The third kappa shape index (κ3) is 2.50. The summed E-state index contributed by atoms with van der Waals surface area (Å²) < 4.78 is 11.1. The molecule has 0 fully saturated rings. The summed E-state index contributed by atoms with van der Waals surface area (Å²) in [4.78, 5) is 0. The molecule has 1 aliphatic rings. The first-order valence-corrected chi connectivity index (χ1v) is 6.68. The van der Waals surface area contributed by atoms with Gasteiger partial charge in [-0.15, -0.1) is 0 Å². The van der Waals surface area contributed by atoms with E-state index in [1.165, 1.54) is 0 Å². The highest BCUT2D eigenvalue weighted by molar-refractivity contribution is 5.56. The predicted molar refractivity (Wildman–Crippen MR) is 77.6 cm³/mol. The van der Waals surface area contributed by atoms with Gasteiger partial charge >= 0.3 is 0 Å². The quantitative estimate of drug-likeness (QED) is 0.899. The molecule has 1 atom stereocenters. The second kappa shape index (κ2) is 5.33. The normalized spacial score (nSPS) is 14.7. The van der Waals surface area contributed by atoms with Crippen molar-refractivity contribution in [2.45, 2.75) is 13.0 Å². The molecule has 1 aliphatic heterocycles. The highest BCUT2D eigenvalue weighted by Crippen LogP contribution is 2.34. The minimum Gasteiger partial charge on any atom is -0.508 e. The number of rotatable bonds is 3. The Hall–Kier alpha value is -2.36. The van der Waals surface area contributed by atoms with E-state index in [4.69, 9.17) is 9.47 Å². The molecule has 2 aromatic carbocycles. The van der Waals surface area contributed by atoms with Crippen LogP contribution in [0, 0.1) is 0 Å². The molecule has 3 rings (SSSR count). The minimum atomic E-state index is -0.00115. The van der Waals surface area contributed by atoms with Crippen molar-refractivity contribution in [3.05, 3.63) is 48.0 Å². The first kappa shape index (κ1) is 12.7. The summed E-state index contributed by atoms with van der Waals surface area (Å²) in [5, 5.41) is 13.2. The highest BCUT2D eigenvalue weighted by Gasteiger charge is 2.14. The lowest BCUT2D eigenvalue weighted by atomic mass is 10.1.